The maximum atomic E-state index is 4.50. The van der Waals surface area contributed by atoms with Gasteiger partial charge in [-0.1, -0.05) is 11.6 Å². The normalized spacial score (nSPS) is 10.9. The molecule has 0 N–H and O–H groups in total. The number of hydrogen-bond donors (Lipinski definition) is 0. The zero-order valence-corrected chi connectivity index (χ0v) is 11.1. The smallest absolute Gasteiger partial charge is 0.0717 e. The summed E-state index contributed by atoms with van der Waals surface area (Å²) in [6.07, 6.45) is 0. The van der Waals surface area contributed by atoms with Crippen molar-refractivity contribution in [2.45, 2.75) is 13.8 Å². The molecule has 0 radical (unpaired) electrons. The van der Waals surface area contributed by atoms with E-state index in [1.807, 2.05) is 6.92 Å². The summed E-state index contributed by atoms with van der Waals surface area (Å²) in [4.78, 5) is 4.50. The third-order valence-corrected chi connectivity index (χ3v) is 4.51. The Bertz CT molecular complexity index is 506. The van der Waals surface area contributed by atoms with Crippen LogP contribution in [0.5, 0.6) is 0 Å². The van der Waals surface area contributed by atoms with E-state index in [1.165, 1.54) is 5.56 Å². The van der Waals surface area contributed by atoms with Gasteiger partial charge in [-0.05, 0) is 57.8 Å². The van der Waals surface area contributed by atoms with Crippen molar-refractivity contribution in [1.29, 1.82) is 0 Å². The molecular weight excluding hydrogens is 306 g/mol. The molecule has 72 valence electrons. The minimum Gasteiger partial charge on any atom is -0.252 e. The molecule has 0 amide bonds. The van der Waals surface area contributed by atoms with Crippen LogP contribution >= 0.6 is 31.9 Å². The molecule has 1 aromatic carbocycles. The van der Waals surface area contributed by atoms with Crippen molar-refractivity contribution in [2.24, 2.45) is 0 Å². The first kappa shape index (κ1) is 10.1. The minimum absolute atomic E-state index is 1.01. The highest BCUT2D eigenvalue weighted by Gasteiger charge is 2.07. The fourth-order valence-electron chi connectivity index (χ4n) is 1.43. The third-order valence-electron chi connectivity index (χ3n) is 2.19. The van der Waals surface area contributed by atoms with E-state index in [0.717, 1.165) is 25.5 Å². The molecule has 1 heterocycles. The molecule has 0 spiro atoms. The van der Waals surface area contributed by atoms with Crippen molar-refractivity contribution < 1.29 is 0 Å². The number of rotatable bonds is 0. The standard InChI is InChI=1S/C11H9Br2N/c1-6-3-4-9-8(5-6)11(13)10(12)7(2)14-9/h3-5H,1-2H3. The Morgan fingerprint density at radius 2 is 1.79 bits per heavy atom. The van der Waals surface area contributed by atoms with Gasteiger partial charge in [0.15, 0.2) is 0 Å². The van der Waals surface area contributed by atoms with E-state index < -0.39 is 0 Å². The van der Waals surface area contributed by atoms with Crippen molar-refractivity contribution >= 4 is 42.8 Å². The van der Waals surface area contributed by atoms with Crippen LogP contribution in [0.4, 0.5) is 0 Å². The van der Waals surface area contributed by atoms with Crippen molar-refractivity contribution in [2.75, 3.05) is 0 Å². The monoisotopic (exact) mass is 313 g/mol. The number of fused-ring (bicyclic) bond motifs is 1. The highest BCUT2D eigenvalue weighted by molar-refractivity contribution is 9.13. The van der Waals surface area contributed by atoms with Gasteiger partial charge in [0.05, 0.1) is 15.7 Å². The molecule has 0 saturated heterocycles. The lowest BCUT2D eigenvalue weighted by molar-refractivity contribution is 1.22. The summed E-state index contributed by atoms with van der Waals surface area (Å²) in [6.45, 7) is 4.08. The van der Waals surface area contributed by atoms with Crippen LogP contribution in [-0.4, -0.2) is 4.98 Å². The van der Waals surface area contributed by atoms with Gasteiger partial charge in [0.1, 0.15) is 0 Å². The molecule has 0 atom stereocenters. The fourth-order valence-corrected chi connectivity index (χ4v) is 2.34. The van der Waals surface area contributed by atoms with Gasteiger partial charge in [0.2, 0.25) is 0 Å². The fraction of sp³-hybridized carbons (Fsp3) is 0.182. The quantitative estimate of drug-likeness (QED) is 0.703. The summed E-state index contributed by atoms with van der Waals surface area (Å²) in [5, 5.41) is 1.16. The molecule has 0 fully saturated rings. The Balaban J connectivity index is 2.92. The van der Waals surface area contributed by atoms with Crippen LogP contribution in [-0.2, 0) is 0 Å². The summed E-state index contributed by atoms with van der Waals surface area (Å²) in [5.41, 5.74) is 3.28. The lowest BCUT2D eigenvalue weighted by Crippen LogP contribution is -1.88. The predicted octanol–water partition coefficient (Wildman–Crippen LogP) is 4.38. The van der Waals surface area contributed by atoms with Crippen molar-refractivity contribution in [3.63, 3.8) is 0 Å². The average Bonchev–Trinajstić information content (AvgIpc) is 2.16. The van der Waals surface area contributed by atoms with Gasteiger partial charge >= 0.3 is 0 Å². The second-order valence-electron chi connectivity index (χ2n) is 3.35. The first-order chi connectivity index (χ1) is 6.59. The van der Waals surface area contributed by atoms with E-state index >= 15 is 0 Å². The van der Waals surface area contributed by atoms with E-state index in [2.05, 4.69) is 62.0 Å². The average molecular weight is 315 g/mol. The third kappa shape index (κ3) is 1.59. The number of pyridine rings is 1. The number of aromatic nitrogens is 1. The molecule has 0 unspecified atom stereocenters. The van der Waals surface area contributed by atoms with Crippen LogP contribution in [0, 0.1) is 13.8 Å². The van der Waals surface area contributed by atoms with Gasteiger partial charge in [-0.2, -0.15) is 0 Å². The number of nitrogens with zero attached hydrogens (tertiary/aromatic N) is 1. The van der Waals surface area contributed by atoms with Gasteiger partial charge in [0, 0.05) is 9.86 Å². The predicted molar refractivity (Wildman–Crippen MR) is 66.6 cm³/mol. The first-order valence-electron chi connectivity index (χ1n) is 4.31. The lowest BCUT2D eigenvalue weighted by Gasteiger charge is -2.06. The van der Waals surface area contributed by atoms with Crippen molar-refractivity contribution in [3.05, 3.63) is 38.4 Å². The summed E-state index contributed by atoms with van der Waals surface area (Å²) in [7, 11) is 0. The second-order valence-corrected chi connectivity index (χ2v) is 4.93. The van der Waals surface area contributed by atoms with Crippen LogP contribution in [0.1, 0.15) is 11.3 Å². The molecule has 0 saturated carbocycles. The van der Waals surface area contributed by atoms with Gasteiger partial charge in [0.25, 0.3) is 0 Å². The number of benzene rings is 1. The van der Waals surface area contributed by atoms with E-state index in [-0.39, 0.29) is 0 Å². The molecule has 0 bridgehead atoms. The van der Waals surface area contributed by atoms with Crippen LogP contribution in [0.3, 0.4) is 0 Å². The van der Waals surface area contributed by atoms with Crippen molar-refractivity contribution in [3.8, 4) is 0 Å². The molecule has 2 rings (SSSR count). The van der Waals surface area contributed by atoms with Crippen LogP contribution in [0.15, 0.2) is 27.1 Å². The molecule has 3 heteroatoms. The van der Waals surface area contributed by atoms with Crippen LogP contribution < -0.4 is 0 Å². The molecule has 14 heavy (non-hydrogen) atoms. The van der Waals surface area contributed by atoms with E-state index in [9.17, 15) is 0 Å². The second kappa shape index (κ2) is 3.63. The Labute approximate surface area is 99.8 Å². The minimum atomic E-state index is 1.01. The van der Waals surface area contributed by atoms with Gasteiger partial charge in [-0.3, -0.25) is 4.98 Å². The Kier molecular flexibility index (Phi) is 2.62. The molecule has 0 aliphatic carbocycles. The first-order valence-corrected chi connectivity index (χ1v) is 5.90. The Morgan fingerprint density at radius 3 is 2.50 bits per heavy atom. The largest absolute Gasteiger partial charge is 0.252 e. The molecule has 1 nitrogen and oxygen atoms in total. The van der Waals surface area contributed by atoms with Crippen LogP contribution in [0.25, 0.3) is 10.9 Å². The molecule has 0 aliphatic heterocycles. The van der Waals surface area contributed by atoms with Gasteiger partial charge < -0.3 is 0 Å². The zero-order chi connectivity index (χ0) is 10.3. The topological polar surface area (TPSA) is 12.9 Å². The molecule has 2 aromatic rings. The summed E-state index contributed by atoms with van der Waals surface area (Å²) >= 11 is 7.09. The Hall–Kier alpha value is -0.410. The summed E-state index contributed by atoms with van der Waals surface area (Å²) < 4.78 is 2.12. The molecular formula is C11H9Br2N. The number of aryl methyl sites for hydroxylation is 2. The highest BCUT2D eigenvalue weighted by Crippen LogP contribution is 2.32. The van der Waals surface area contributed by atoms with E-state index in [1.54, 1.807) is 0 Å². The zero-order valence-electron chi connectivity index (χ0n) is 7.94. The highest BCUT2D eigenvalue weighted by atomic mass is 79.9. The maximum Gasteiger partial charge on any atom is 0.0717 e. The van der Waals surface area contributed by atoms with Gasteiger partial charge in [-0.25, -0.2) is 0 Å². The number of halogens is 2. The molecule has 1 aromatic heterocycles. The maximum absolute atomic E-state index is 4.50. The Morgan fingerprint density at radius 1 is 1.07 bits per heavy atom. The van der Waals surface area contributed by atoms with Gasteiger partial charge in [-0.15, -0.1) is 0 Å². The summed E-state index contributed by atoms with van der Waals surface area (Å²) in [5.74, 6) is 0. The van der Waals surface area contributed by atoms with Crippen LogP contribution in [0.2, 0.25) is 0 Å². The van der Waals surface area contributed by atoms with E-state index in [0.29, 0.717) is 0 Å². The molecule has 0 aliphatic rings. The van der Waals surface area contributed by atoms with Crippen molar-refractivity contribution in [1.82, 2.24) is 4.98 Å². The summed E-state index contributed by atoms with van der Waals surface area (Å²) in [6, 6.07) is 6.26. The lowest BCUT2D eigenvalue weighted by atomic mass is 10.1. The SMILES string of the molecule is Cc1ccc2nc(C)c(Br)c(Br)c2c1. The van der Waals surface area contributed by atoms with E-state index in [4.69, 9.17) is 0 Å². The number of hydrogen-bond acceptors (Lipinski definition) is 1.